The summed E-state index contributed by atoms with van der Waals surface area (Å²) in [5.41, 5.74) is 1.81. The number of benzene rings is 1. The average Bonchev–Trinajstić information content (AvgIpc) is 3.24. The largest absolute Gasteiger partial charge is 0.337 e. The molecule has 0 atom stereocenters. The summed E-state index contributed by atoms with van der Waals surface area (Å²) >= 11 is 5.89. The number of H-pyrrole nitrogens is 1. The van der Waals surface area contributed by atoms with Crippen LogP contribution in [-0.4, -0.2) is 38.5 Å². The first-order valence-electron chi connectivity index (χ1n) is 7.80. The molecule has 122 valence electrons. The minimum atomic E-state index is -0.282. The molecule has 1 saturated heterocycles. The molecule has 3 aromatic rings. The lowest BCUT2D eigenvalue weighted by Gasteiger charge is -2.12. The van der Waals surface area contributed by atoms with Gasteiger partial charge in [0, 0.05) is 24.2 Å². The zero-order valence-corrected chi connectivity index (χ0v) is 13.6. The standard InChI is InChI=1S/C17H15ClN4O2/c18-12-5-3-11(4-6-12)14-10-22-15(16(23)19-14)9-13(20-22)17(24)21-7-1-2-8-21/h3-6,9-10H,1-2,7-8H2,(H,19,23). The van der Waals surface area contributed by atoms with E-state index in [0.29, 0.717) is 21.9 Å². The Balaban J connectivity index is 1.76. The van der Waals surface area contributed by atoms with Gasteiger partial charge in [-0.25, -0.2) is 4.52 Å². The quantitative estimate of drug-likeness (QED) is 0.778. The first-order chi connectivity index (χ1) is 11.6. The molecule has 0 radical (unpaired) electrons. The molecule has 1 aliphatic heterocycles. The maximum atomic E-state index is 12.4. The van der Waals surface area contributed by atoms with Crippen molar-refractivity contribution in [1.82, 2.24) is 19.5 Å². The van der Waals surface area contributed by atoms with Gasteiger partial charge in [-0.15, -0.1) is 0 Å². The van der Waals surface area contributed by atoms with Crippen LogP contribution in [0.5, 0.6) is 0 Å². The van der Waals surface area contributed by atoms with E-state index in [9.17, 15) is 9.59 Å². The van der Waals surface area contributed by atoms with E-state index < -0.39 is 0 Å². The summed E-state index contributed by atoms with van der Waals surface area (Å²) in [6.07, 6.45) is 3.74. The van der Waals surface area contributed by atoms with E-state index in [2.05, 4.69) is 10.1 Å². The average molecular weight is 343 g/mol. The van der Waals surface area contributed by atoms with Crippen molar-refractivity contribution in [3.63, 3.8) is 0 Å². The Bertz CT molecular complexity index is 968. The molecule has 1 aliphatic rings. The number of nitrogens with zero attached hydrogens (tertiary/aromatic N) is 3. The van der Waals surface area contributed by atoms with E-state index in [1.165, 1.54) is 4.52 Å². The highest BCUT2D eigenvalue weighted by Gasteiger charge is 2.22. The van der Waals surface area contributed by atoms with Crippen LogP contribution >= 0.6 is 11.6 Å². The van der Waals surface area contributed by atoms with Crippen molar-refractivity contribution in [3.05, 3.63) is 57.6 Å². The number of carbonyl (C=O) groups is 1. The van der Waals surface area contributed by atoms with Gasteiger partial charge in [0.05, 0.1) is 11.9 Å². The summed E-state index contributed by atoms with van der Waals surface area (Å²) in [7, 11) is 0. The minimum Gasteiger partial charge on any atom is -0.337 e. The number of hydrogen-bond acceptors (Lipinski definition) is 3. The number of carbonyl (C=O) groups excluding carboxylic acids is 1. The van der Waals surface area contributed by atoms with Gasteiger partial charge in [0.1, 0.15) is 5.52 Å². The van der Waals surface area contributed by atoms with Crippen molar-refractivity contribution in [2.24, 2.45) is 0 Å². The van der Waals surface area contributed by atoms with Gasteiger partial charge in [0.25, 0.3) is 11.5 Å². The third-order valence-electron chi connectivity index (χ3n) is 4.24. The Morgan fingerprint density at radius 2 is 1.88 bits per heavy atom. The first-order valence-corrected chi connectivity index (χ1v) is 8.17. The highest BCUT2D eigenvalue weighted by Crippen LogP contribution is 2.19. The Hall–Kier alpha value is -2.60. The molecule has 1 amide bonds. The number of likely N-dealkylation sites (tertiary alicyclic amines) is 1. The van der Waals surface area contributed by atoms with Gasteiger partial charge in [0.2, 0.25) is 0 Å². The number of fused-ring (bicyclic) bond motifs is 1. The molecule has 2 aromatic heterocycles. The first kappa shape index (κ1) is 15.0. The van der Waals surface area contributed by atoms with Crippen LogP contribution in [0.25, 0.3) is 16.8 Å². The van der Waals surface area contributed by atoms with Gasteiger partial charge in [-0.2, -0.15) is 5.10 Å². The smallest absolute Gasteiger partial charge is 0.274 e. The van der Waals surface area contributed by atoms with Gasteiger partial charge in [-0.1, -0.05) is 23.7 Å². The van der Waals surface area contributed by atoms with E-state index in [4.69, 9.17) is 11.6 Å². The predicted octanol–water partition coefficient (Wildman–Crippen LogP) is 2.58. The van der Waals surface area contributed by atoms with E-state index in [1.54, 1.807) is 29.3 Å². The molecule has 1 fully saturated rings. The molecule has 6 nitrogen and oxygen atoms in total. The molecule has 0 unspecified atom stereocenters. The number of hydrogen-bond donors (Lipinski definition) is 1. The lowest BCUT2D eigenvalue weighted by atomic mass is 10.2. The van der Waals surface area contributed by atoms with Crippen LogP contribution in [0.2, 0.25) is 5.02 Å². The number of amides is 1. The van der Waals surface area contributed by atoms with E-state index in [0.717, 1.165) is 31.5 Å². The molecule has 7 heteroatoms. The summed E-state index contributed by atoms with van der Waals surface area (Å²) in [5, 5.41) is 4.93. The van der Waals surface area contributed by atoms with Crippen molar-refractivity contribution in [2.75, 3.05) is 13.1 Å². The fraction of sp³-hybridized carbons (Fsp3) is 0.235. The van der Waals surface area contributed by atoms with Crippen LogP contribution in [0, 0.1) is 0 Å². The second-order valence-corrected chi connectivity index (χ2v) is 6.30. The van der Waals surface area contributed by atoms with Gasteiger partial charge in [0.15, 0.2) is 5.69 Å². The fourth-order valence-corrected chi connectivity index (χ4v) is 3.09. The highest BCUT2D eigenvalue weighted by molar-refractivity contribution is 6.30. The number of aromatic nitrogens is 3. The molecule has 4 rings (SSSR count). The predicted molar refractivity (Wildman–Crippen MR) is 91.4 cm³/mol. The maximum absolute atomic E-state index is 12.4. The zero-order chi connectivity index (χ0) is 16.7. The van der Waals surface area contributed by atoms with Crippen molar-refractivity contribution >= 4 is 23.0 Å². The van der Waals surface area contributed by atoms with Gasteiger partial charge < -0.3 is 9.88 Å². The minimum absolute atomic E-state index is 0.122. The molecule has 0 aliphatic carbocycles. The summed E-state index contributed by atoms with van der Waals surface area (Å²) < 4.78 is 1.46. The molecular formula is C17H15ClN4O2. The Morgan fingerprint density at radius 1 is 1.17 bits per heavy atom. The number of nitrogens with one attached hydrogen (secondary N) is 1. The lowest BCUT2D eigenvalue weighted by Crippen LogP contribution is -2.27. The van der Waals surface area contributed by atoms with Gasteiger partial charge >= 0.3 is 0 Å². The van der Waals surface area contributed by atoms with E-state index in [-0.39, 0.29) is 11.5 Å². The van der Waals surface area contributed by atoms with Crippen LogP contribution in [-0.2, 0) is 0 Å². The Kier molecular flexibility index (Phi) is 3.61. The fourth-order valence-electron chi connectivity index (χ4n) is 2.97. The Labute approximate surface area is 142 Å². The van der Waals surface area contributed by atoms with Crippen LogP contribution in [0.15, 0.2) is 41.3 Å². The zero-order valence-electron chi connectivity index (χ0n) is 12.8. The summed E-state index contributed by atoms with van der Waals surface area (Å²) in [6.45, 7) is 1.50. The summed E-state index contributed by atoms with van der Waals surface area (Å²) in [4.78, 5) is 29.4. The molecule has 3 heterocycles. The molecule has 1 aromatic carbocycles. The molecular weight excluding hydrogens is 328 g/mol. The molecule has 0 spiro atoms. The maximum Gasteiger partial charge on any atom is 0.274 e. The van der Waals surface area contributed by atoms with Gasteiger partial charge in [-0.3, -0.25) is 9.59 Å². The van der Waals surface area contributed by atoms with Crippen LogP contribution in [0.3, 0.4) is 0 Å². The van der Waals surface area contributed by atoms with Crippen molar-refractivity contribution in [1.29, 1.82) is 0 Å². The third-order valence-corrected chi connectivity index (χ3v) is 4.49. The second kappa shape index (κ2) is 5.79. The summed E-state index contributed by atoms with van der Waals surface area (Å²) in [5.74, 6) is -0.122. The van der Waals surface area contributed by atoms with Gasteiger partial charge in [-0.05, 0) is 30.5 Å². The highest BCUT2D eigenvalue weighted by atomic mass is 35.5. The summed E-state index contributed by atoms with van der Waals surface area (Å²) in [6, 6.07) is 8.69. The van der Waals surface area contributed by atoms with E-state index in [1.807, 2.05) is 12.1 Å². The molecule has 1 N–H and O–H groups in total. The lowest BCUT2D eigenvalue weighted by molar-refractivity contribution is 0.0786. The number of aromatic amines is 1. The molecule has 24 heavy (non-hydrogen) atoms. The SMILES string of the molecule is O=C(c1cc2c(=O)[nH]c(-c3ccc(Cl)cc3)cn2n1)N1CCCC1. The molecule has 0 bridgehead atoms. The van der Waals surface area contributed by atoms with Crippen LogP contribution in [0.4, 0.5) is 0 Å². The van der Waals surface area contributed by atoms with Crippen LogP contribution < -0.4 is 5.56 Å². The van der Waals surface area contributed by atoms with E-state index >= 15 is 0 Å². The monoisotopic (exact) mass is 342 g/mol. The normalized spacial score (nSPS) is 14.5. The molecule has 0 saturated carbocycles. The van der Waals surface area contributed by atoms with Crippen LogP contribution in [0.1, 0.15) is 23.3 Å². The third kappa shape index (κ3) is 2.59. The van der Waals surface area contributed by atoms with Crippen molar-refractivity contribution < 1.29 is 4.79 Å². The second-order valence-electron chi connectivity index (χ2n) is 5.86. The van der Waals surface area contributed by atoms with Crippen molar-refractivity contribution in [2.45, 2.75) is 12.8 Å². The van der Waals surface area contributed by atoms with Crippen molar-refractivity contribution in [3.8, 4) is 11.3 Å². The Morgan fingerprint density at radius 3 is 2.58 bits per heavy atom. The topological polar surface area (TPSA) is 70.5 Å². The number of rotatable bonds is 2. The number of halogens is 1.